The Kier molecular flexibility index (Phi) is 8.26. The Morgan fingerprint density at radius 1 is 1.03 bits per heavy atom. The first kappa shape index (κ1) is 24.8. The van der Waals surface area contributed by atoms with E-state index in [-0.39, 0.29) is 17.9 Å². The summed E-state index contributed by atoms with van der Waals surface area (Å²) in [6, 6.07) is 11.2. The van der Waals surface area contributed by atoms with Gasteiger partial charge in [0, 0.05) is 23.9 Å². The van der Waals surface area contributed by atoms with Crippen LogP contribution in [0.15, 0.2) is 47.9 Å². The molecular formula is C25H27N3O5S. The van der Waals surface area contributed by atoms with Crippen LogP contribution in [0.25, 0.3) is 17.3 Å². The average Bonchev–Trinajstić information content (AvgIpc) is 3.29. The van der Waals surface area contributed by atoms with Crippen LogP contribution in [0.3, 0.4) is 0 Å². The summed E-state index contributed by atoms with van der Waals surface area (Å²) < 4.78 is 16.0. The third kappa shape index (κ3) is 6.14. The molecule has 178 valence electrons. The van der Waals surface area contributed by atoms with E-state index in [0.717, 1.165) is 22.4 Å². The topological polar surface area (TPSA) is 98.8 Å². The Morgan fingerprint density at radius 2 is 1.68 bits per heavy atom. The van der Waals surface area contributed by atoms with Gasteiger partial charge in [0.15, 0.2) is 16.6 Å². The lowest BCUT2D eigenvalue weighted by atomic mass is 10.1. The summed E-state index contributed by atoms with van der Waals surface area (Å²) in [6.45, 7) is 3.42. The van der Waals surface area contributed by atoms with Crippen molar-refractivity contribution in [2.45, 2.75) is 19.9 Å². The van der Waals surface area contributed by atoms with Crippen LogP contribution < -0.4 is 24.8 Å². The summed E-state index contributed by atoms with van der Waals surface area (Å²) in [5, 5.41) is 8.01. The molecule has 0 aliphatic rings. The molecule has 0 aliphatic heterocycles. The maximum absolute atomic E-state index is 12.4. The Labute approximate surface area is 202 Å². The van der Waals surface area contributed by atoms with Crippen molar-refractivity contribution in [1.82, 2.24) is 10.3 Å². The zero-order valence-electron chi connectivity index (χ0n) is 19.7. The van der Waals surface area contributed by atoms with E-state index in [9.17, 15) is 9.59 Å². The smallest absolute Gasteiger partial charge is 0.250 e. The number of carbonyl (C=O) groups is 2. The van der Waals surface area contributed by atoms with Crippen molar-refractivity contribution in [3.8, 4) is 28.5 Å². The monoisotopic (exact) mass is 481 g/mol. The minimum Gasteiger partial charge on any atom is -0.493 e. The Bertz CT molecular complexity index is 1160. The molecule has 34 heavy (non-hydrogen) atoms. The molecular weight excluding hydrogens is 454 g/mol. The number of hydrogen-bond donors (Lipinski definition) is 2. The maximum atomic E-state index is 12.4. The van der Waals surface area contributed by atoms with Crippen LogP contribution in [0.1, 0.15) is 31.0 Å². The van der Waals surface area contributed by atoms with E-state index in [0.29, 0.717) is 22.4 Å². The first-order chi connectivity index (χ1) is 16.3. The standard InChI is InChI=1S/C25H27N3O5S/c1-15(26-16(2)29)18-7-9-19(10-8-18)20-14-34-25(27-20)28-23(30)11-6-17-12-21(31-3)24(33-5)22(13-17)32-4/h6-15H,1-5H3,(H,26,29)(H,27,28,30)/b11-6+. The number of nitrogens with zero attached hydrogens (tertiary/aromatic N) is 1. The van der Waals surface area contributed by atoms with E-state index < -0.39 is 0 Å². The van der Waals surface area contributed by atoms with Crippen molar-refractivity contribution in [2.75, 3.05) is 26.6 Å². The highest BCUT2D eigenvalue weighted by molar-refractivity contribution is 7.14. The molecule has 2 amide bonds. The van der Waals surface area contributed by atoms with Crippen molar-refractivity contribution in [3.05, 3.63) is 59.0 Å². The fraction of sp³-hybridized carbons (Fsp3) is 0.240. The largest absolute Gasteiger partial charge is 0.493 e. The number of benzene rings is 2. The van der Waals surface area contributed by atoms with Gasteiger partial charge < -0.3 is 19.5 Å². The second-order valence-electron chi connectivity index (χ2n) is 7.36. The van der Waals surface area contributed by atoms with Gasteiger partial charge in [0.05, 0.1) is 33.1 Å². The van der Waals surface area contributed by atoms with Crippen molar-refractivity contribution in [3.63, 3.8) is 0 Å². The second-order valence-corrected chi connectivity index (χ2v) is 8.22. The molecule has 0 fully saturated rings. The molecule has 0 bridgehead atoms. The zero-order chi connectivity index (χ0) is 24.7. The molecule has 1 aromatic heterocycles. The van der Waals surface area contributed by atoms with Gasteiger partial charge >= 0.3 is 0 Å². The minimum atomic E-state index is -0.311. The van der Waals surface area contributed by atoms with Crippen LogP contribution >= 0.6 is 11.3 Å². The van der Waals surface area contributed by atoms with E-state index in [4.69, 9.17) is 14.2 Å². The first-order valence-corrected chi connectivity index (χ1v) is 11.3. The third-order valence-corrected chi connectivity index (χ3v) is 5.73. The predicted octanol–water partition coefficient (Wildman–Crippen LogP) is 4.68. The summed E-state index contributed by atoms with van der Waals surface area (Å²) >= 11 is 1.34. The second kappa shape index (κ2) is 11.3. The first-order valence-electron chi connectivity index (χ1n) is 10.5. The van der Waals surface area contributed by atoms with Gasteiger partial charge in [-0.15, -0.1) is 11.3 Å². The molecule has 0 radical (unpaired) electrons. The number of thiazole rings is 1. The molecule has 0 aliphatic carbocycles. The molecule has 8 nitrogen and oxygen atoms in total. The molecule has 0 spiro atoms. The van der Waals surface area contributed by atoms with Gasteiger partial charge in [-0.2, -0.15) is 0 Å². The van der Waals surface area contributed by atoms with E-state index in [2.05, 4.69) is 15.6 Å². The molecule has 2 aromatic carbocycles. The zero-order valence-corrected chi connectivity index (χ0v) is 20.5. The van der Waals surface area contributed by atoms with Gasteiger partial charge in [0.2, 0.25) is 17.6 Å². The van der Waals surface area contributed by atoms with Crippen molar-refractivity contribution in [2.24, 2.45) is 0 Å². The van der Waals surface area contributed by atoms with Crippen molar-refractivity contribution >= 4 is 34.4 Å². The number of aromatic nitrogens is 1. The van der Waals surface area contributed by atoms with Crippen LogP contribution in [0.2, 0.25) is 0 Å². The predicted molar refractivity (Wildman–Crippen MR) is 134 cm³/mol. The molecule has 1 heterocycles. The Balaban J connectivity index is 1.67. The highest BCUT2D eigenvalue weighted by atomic mass is 32.1. The van der Waals surface area contributed by atoms with Crippen LogP contribution in [0, 0.1) is 0 Å². The van der Waals surface area contributed by atoms with E-state index in [1.54, 1.807) is 18.2 Å². The van der Waals surface area contributed by atoms with Crippen LogP contribution in [-0.4, -0.2) is 38.1 Å². The Morgan fingerprint density at radius 3 is 2.24 bits per heavy atom. The third-order valence-electron chi connectivity index (χ3n) is 4.97. The van der Waals surface area contributed by atoms with Crippen LogP contribution in [0.5, 0.6) is 17.2 Å². The molecule has 1 atom stereocenters. The van der Waals surface area contributed by atoms with Crippen molar-refractivity contribution < 1.29 is 23.8 Å². The summed E-state index contributed by atoms with van der Waals surface area (Å²) in [6.07, 6.45) is 3.07. The van der Waals surface area contributed by atoms with Gasteiger partial charge in [0.1, 0.15) is 0 Å². The highest BCUT2D eigenvalue weighted by Crippen LogP contribution is 2.38. The fourth-order valence-corrected chi connectivity index (χ4v) is 4.03. The van der Waals surface area contributed by atoms with Gasteiger partial charge in [-0.1, -0.05) is 24.3 Å². The van der Waals surface area contributed by atoms with Crippen molar-refractivity contribution in [1.29, 1.82) is 0 Å². The maximum Gasteiger partial charge on any atom is 0.250 e. The lowest BCUT2D eigenvalue weighted by Crippen LogP contribution is -2.23. The lowest BCUT2D eigenvalue weighted by Gasteiger charge is -2.13. The number of anilines is 1. The quantitative estimate of drug-likeness (QED) is 0.431. The summed E-state index contributed by atoms with van der Waals surface area (Å²) in [5.41, 5.74) is 3.40. The molecule has 1 unspecified atom stereocenters. The van der Waals surface area contributed by atoms with E-state index in [1.165, 1.54) is 45.7 Å². The molecule has 0 saturated heterocycles. The number of rotatable bonds is 9. The van der Waals surface area contributed by atoms with Gasteiger partial charge in [-0.05, 0) is 36.3 Å². The lowest BCUT2D eigenvalue weighted by molar-refractivity contribution is -0.119. The van der Waals surface area contributed by atoms with E-state index in [1.807, 2.05) is 36.6 Å². The van der Waals surface area contributed by atoms with Crippen LogP contribution in [0.4, 0.5) is 5.13 Å². The molecule has 3 aromatic rings. The van der Waals surface area contributed by atoms with Gasteiger partial charge in [-0.25, -0.2) is 4.98 Å². The summed E-state index contributed by atoms with van der Waals surface area (Å²) in [7, 11) is 4.61. The number of nitrogens with one attached hydrogen (secondary N) is 2. The number of amides is 2. The average molecular weight is 482 g/mol. The normalized spacial score (nSPS) is 11.7. The molecule has 0 saturated carbocycles. The van der Waals surface area contributed by atoms with Crippen LogP contribution in [-0.2, 0) is 9.59 Å². The number of methoxy groups -OCH3 is 3. The highest BCUT2D eigenvalue weighted by Gasteiger charge is 2.13. The Hall–Kier alpha value is -3.85. The molecule has 3 rings (SSSR count). The summed E-state index contributed by atoms with van der Waals surface area (Å²) in [4.78, 5) is 28.2. The van der Waals surface area contributed by atoms with Gasteiger partial charge in [0.25, 0.3) is 0 Å². The number of hydrogen-bond acceptors (Lipinski definition) is 7. The SMILES string of the molecule is COc1cc(/C=C/C(=O)Nc2nc(-c3ccc(C(C)NC(C)=O)cc3)cs2)cc(OC)c1OC. The van der Waals surface area contributed by atoms with Gasteiger partial charge in [-0.3, -0.25) is 14.9 Å². The van der Waals surface area contributed by atoms with E-state index >= 15 is 0 Å². The number of carbonyl (C=O) groups excluding carboxylic acids is 2. The summed E-state index contributed by atoms with van der Waals surface area (Å²) in [5.74, 6) is 1.11. The minimum absolute atomic E-state index is 0.0734. The molecule has 9 heteroatoms. The molecule has 2 N–H and O–H groups in total. The number of ether oxygens (including phenoxy) is 3. The fourth-order valence-electron chi connectivity index (χ4n) is 3.31.